The van der Waals surface area contributed by atoms with E-state index < -0.39 is 18.0 Å². The first-order chi connectivity index (χ1) is 9.75. The fourth-order valence-corrected chi connectivity index (χ4v) is 2.69. The Balaban J connectivity index is 2.73. The molecule has 0 bridgehead atoms. The zero-order valence-corrected chi connectivity index (χ0v) is 14.8. The summed E-state index contributed by atoms with van der Waals surface area (Å²) in [5, 5.41) is 0. The zero-order valence-electron chi connectivity index (χ0n) is 12.6. The smallest absolute Gasteiger partial charge is 0.303 e. The zero-order chi connectivity index (χ0) is 16.0. The van der Waals surface area contributed by atoms with Gasteiger partial charge in [0.1, 0.15) is 24.9 Å². The average Bonchev–Trinajstić information content (AvgIpc) is 2.66. The summed E-state index contributed by atoms with van der Waals surface area (Å²) in [6, 6.07) is 0. The number of alkyl halides is 1. The Hall–Kier alpha value is -0.670. The van der Waals surface area contributed by atoms with Crippen molar-refractivity contribution in [2.45, 2.75) is 51.8 Å². The van der Waals surface area contributed by atoms with E-state index in [9.17, 15) is 9.59 Å². The Morgan fingerprint density at radius 3 is 2.48 bits per heavy atom. The lowest BCUT2D eigenvalue weighted by atomic mass is 10.1. The van der Waals surface area contributed by atoms with Gasteiger partial charge in [-0.05, 0) is 19.9 Å². The van der Waals surface area contributed by atoms with E-state index >= 15 is 0 Å². The first-order valence-electron chi connectivity index (χ1n) is 6.64. The van der Waals surface area contributed by atoms with Gasteiger partial charge in [0.15, 0.2) is 5.79 Å². The largest absolute Gasteiger partial charge is 0.462 e. The number of esters is 2. The van der Waals surface area contributed by atoms with Gasteiger partial charge in [0.2, 0.25) is 0 Å². The second-order valence-electron chi connectivity index (χ2n) is 5.10. The quantitative estimate of drug-likeness (QED) is 0.288. The van der Waals surface area contributed by atoms with Crippen LogP contribution in [0.4, 0.5) is 0 Å². The molecule has 0 spiro atoms. The summed E-state index contributed by atoms with van der Waals surface area (Å²) >= 11 is 2.14. The van der Waals surface area contributed by atoms with Crippen molar-refractivity contribution in [3.8, 4) is 0 Å². The SMILES string of the molecule is CC(=O)OC/C=C\[C@@H]1OC(C)(C)O[C@H]1[C@@H](CI)OC(C)=O. The number of rotatable bonds is 6. The van der Waals surface area contributed by atoms with Crippen molar-refractivity contribution in [1.82, 2.24) is 0 Å². The van der Waals surface area contributed by atoms with Gasteiger partial charge >= 0.3 is 11.9 Å². The standard InChI is InChI=1S/C14H21IO6/c1-9(16)18-7-5-6-11-13(21-14(3,4)20-11)12(8-15)19-10(2)17/h5-6,11-13H,7-8H2,1-4H3/b6-5-/t11-,12+,13+/m0/s1. The molecule has 0 amide bonds. The molecule has 1 aliphatic heterocycles. The van der Waals surface area contributed by atoms with Crippen LogP contribution in [0.25, 0.3) is 0 Å². The molecule has 6 nitrogen and oxygen atoms in total. The van der Waals surface area contributed by atoms with Crippen molar-refractivity contribution in [2.75, 3.05) is 11.0 Å². The van der Waals surface area contributed by atoms with Gasteiger partial charge in [0.25, 0.3) is 0 Å². The van der Waals surface area contributed by atoms with E-state index in [2.05, 4.69) is 22.6 Å². The molecule has 1 fully saturated rings. The molecule has 0 saturated carbocycles. The van der Waals surface area contributed by atoms with Crippen LogP contribution in [-0.2, 0) is 28.5 Å². The third kappa shape index (κ3) is 6.31. The van der Waals surface area contributed by atoms with Crippen molar-refractivity contribution < 1.29 is 28.5 Å². The van der Waals surface area contributed by atoms with Crippen molar-refractivity contribution >= 4 is 34.5 Å². The maximum Gasteiger partial charge on any atom is 0.303 e. The van der Waals surface area contributed by atoms with Crippen LogP contribution in [0.5, 0.6) is 0 Å². The number of hydrogen-bond donors (Lipinski definition) is 0. The molecule has 1 heterocycles. The molecule has 1 aliphatic rings. The van der Waals surface area contributed by atoms with Crippen LogP contribution in [0.2, 0.25) is 0 Å². The van der Waals surface area contributed by atoms with Crippen molar-refractivity contribution in [3.05, 3.63) is 12.2 Å². The van der Waals surface area contributed by atoms with Crippen molar-refractivity contribution in [1.29, 1.82) is 0 Å². The van der Waals surface area contributed by atoms with E-state index in [-0.39, 0.29) is 24.6 Å². The van der Waals surface area contributed by atoms with E-state index in [1.807, 2.05) is 0 Å². The van der Waals surface area contributed by atoms with Crippen LogP contribution in [-0.4, -0.2) is 47.1 Å². The highest BCUT2D eigenvalue weighted by Gasteiger charge is 2.44. The Kier molecular flexibility index (Phi) is 7.08. The summed E-state index contributed by atoms with van der Waals surface area (Å²) in [4.78, 5) is 21.9. The number of carbonyl (C=O) groups is 2. The van der Waals surface area contributed by atoms with Crippen LogP contribution in [0.15, 0.2) is 12.2 Å². The molecular formula is C14H21IO6. The highest BCUT2D eigenvalue weighted by molar-refractivity contribution is 14.1. The maximum atomic E-state index is 11.2. The normalized spacial score (nSPS) is 25.8. The molecule has 1 saturated heterocycles. The molecule has 0 unspecified atom stereocenters. The van der Waals surface area contributed by atoms with Gasteiger partial charge in [-0.2, -0.15) is 0 Å². The van der Waals surface area contributed by atoms with E-state index in [4.69, 9.17) is 18.9 Å². The van der Waals surface area contributed by atoms with Gasteiger partial charge in [-0.3, -0.25) is 9.59 Å². The lowest BCUT2D eigenvalue weighted by Gasteiger charge is -2.23. The van der Waals surface area contributed by atoms with E-state index in [0.29, 0.717) is 4.43 Å². The van der Waals surface area contributed by atoms with E-state index in [1.165, 1.54) is 13.8 Å². The van der Waals surface area contributed by atoms with Crippen LogP contribution in [0.1, 0.15) is 27.7 Å². The summed E-state index contributed by atoms with van der Waals surface area (Å²) in [5.74, 6) is -1.46. The second kappa shape index (κ2) is 8.09. The molecule has 120 valence electrons. The molecule has 0 aromatic rings. The predicted molar refractivity (Wildman–Crippen MR) is 84.0 cm³/mol. The maximum absolute atomic E-state index is 11.2. The van der Waals surface area contributed by atoms with Crippen LogP contribution in [0, 0.1) is 0 Å². The molecule has 1 rings (SSSR count). The van der Waals surface area contributed by atoms with Crippen LogP contribution >= 0.6 is 22.6 Å². The number of hydrogen-bond acceptors (Lipinski definition) is 6. The monoisotopic (exact) mass is 412 g/mol. The third-order valence-electron chi connectivity index (χ3n) is 2.71. The average molecular weight is 412 g/mol. The number of carbonyl (C=O) groups excluding carboxylic acids is 2. The van der Waals surface area contributed by atoms with Gasteiger partial charge in [-0.15, -0.1) is 0 Å². The molecule has 0 aromatic heterocycles. The summed E-state index contributed by atoms with van der Waals surface area (Å²) in [7, 11) is 0. The minimum Gasteiger partial charge on any atom is -0.462 e. The second-order valence-corrected chi connectivity index (χ2v) is 5.98. The summed E-state index contributed by atoms with van der Waals surface area (Å²) in [6.07, 6.45) is 2.31. The number of halogens is 1. The van der Waals surface area contributed by atoms with Crippen molar-refractivity contribution in [2.24, 2.45) is 0 Å². The van der Waals surface area contributed by atoms with Crippen molar-refractivity contribution in [3.63, 3.8) is 0 Å². The molecule has 0 aromatic carbocycles. The molecule has 0 N–H and O–H groups in total. The molecule has 21 heavy (non-hydrogen) atoms. The lowest BCUT2D eigenvalue weighted by Crippen LogP contribution is -2.39. The third-order valence-corrected chi connectivity index (χ3v) is 3.58. The minimum atomic E-state index is -0.759. The molecule has 0 radical (unpaired) electrons. The highest BCUT2D eigenvalue weighted by Crippen LogP contribution is 2.32. The van der Waals surface area contributed by atoms with E-state index in [1.54, 1.807) is 26.0 Å². The Bertz CT molecular complexity index is 406. The highest BCUT2D eigenvalue weighted by atomic mass is 127. The van der Waals surface area contributed by atoms with Crippen LogP contribution in [0.3, 0.4) is 0 Å². The van der Waals surface area contributed by atoms with Crippen LogP contribution < -0.4 is 0 Å². The Morgan fingerprint density at radius 1 is 1.29 bits per heavy atom. The molecule has 7 heteroatoms. The predicted octanol–water partition coefficient (Wildman–Crippen LogP) is 1.99. The fraction of sp³-hybridized carbons (Fsp3) is 0.714. The van der Waals surface area contributed by atoms with Gasteiger partial charge in [-0.1, -0.05) is 28.7 Å². The van der Waals surface area contributed by atoms with Gasteiger partial charge < -0.3 is 18.9 Å². The van der Waals surface area contributed by atoms with Gasteiger partial charge in [-0.25, -0.2) is 0 Å². The summed E-state index contributed by atoms with van der Waals surface area (Å²) in [5.41, 5.74) is 0. The Labute approximate surface area is 138 Å². The summed E-state index contributed by atoms with van der Waals surface area (Å²) < 4.78 is 22.3. The van der Waals surface area contributed by atoms with E-state index in [0.717, 1.165) is 0 Å². The first-order valence-corrected chi connectivity index (χ1v) is 8.16. The molecule has 0 aliphatic carbocycles. The minimum absolute atomic E-state index is 0.171. The Morgan fingerprint density at radius 2 is 1.95 bits per heavy atom. The summed E-state index contributed by atoms with van der Waals surface area (Å²) in [6.45, 7) is 6.49. The fourth-order valence-electron chi connectivity index (χ4n) is 2.01. The topological polar surface area (TPSA) is 71.1 Å². The molecular weight excluding hydrogens is 391 g/mol. The first kappa shape index (κ1) is 18.4. The lowest BCUT2D eigenvalue weighted by molar-refractivity contribution is -0.166. The van der Waals surface area contributed by atoms with Gasteiger partial charge in [0.05, 0.1) is 0 Å². The number of ether oxygens (including phenoxy) is 4. The van der Waals surface area contributed by atoms with Gasteiger partial charge in [0, 0.05) is 18.3 Å². The molecule has 3 atom stereocenters.